The van der Waals surface area contributed by atoms with E-state index in [1.165, 1.54) is 17.9 Å². The highest BCUT2D eigenvalue weighted by molar-refractivity contribution is 7.88. The molecule has 2 aliphatic heterocycles. The first kappa shape index (κ1) is 34.1. The van der Waals surface area contributed by atoms with Crippen LogP contribution in [0.15, 0.2) is 36.7 Å². The summed E-state index contributed by atoms with van der Waals surface area (Å²) in [5.41, 5.74) is -4.14. The normalized spacial score (nSPS) is 20.2. The van der Waals surface area contributed by atoms with Gasteiger partial charge in [0, 0.05) is 42.1 Å². The Kier molecular flexibility index (Phi) is 8.93. The molecule has 2 aliphatic rings. The molecule has 0 saturated carbocycles. The van der Waals surface area contributed by atoms with Gasteiger partial charge in [-0.05, 0) is 83.6 Å². The molecule has 48 heavy (non-hydrogen) atoms. The summed E-state index contributed by atoms with van der Waals surface area (Å²) in [6.45, 7) is 8.57. The molecule has 0 amide bonds. The highest BCUT2D eigenvalue weighted by atomic mass is 32.2. The second kappa shape index (κ2) is 12.6. The average Bonchev–Trinajstić information content (AvgIpc) is 3.64. The van der Waals surface area contributed by atoms with Crippen LogP contribution in [0.1, 0.15) is 72.1 Å². The van der Waals surface area contributed by atoms with Gasteiger partial charge in [-0.15, -0.1) is 15.3 Å². The molecular weight excluding hydrogens is 655 g/mol. The third-order valence-corrected chi connectivity index (χ3v) is 9.33. The molecule has 4 aromatic rings. The molecule has 13 nitrogen and oxygen atoms in total. The maximum Gasteiger partial charge on any atom is 0.534 e. The van der Waals surface area contributed by atoms with Crippen molar-refractivity contribution in [2.75, 3.05) is 20.5 Å². The number of fused-ring (bicyclic) bond motifs is 1. The van der Waals surface area contributed by atoms with E-state index in [1.807, 2.05) is 40.0 Å². The van der Waals surface area contributed by atoms with Gasteiger partial charge in [-0.1, -0.05) is 6.07 Å². The summed E-state index contributed by atoms with van der Waals surface area (Å²) < 4.78 is 89.4. The molecule has 5 heterocycles. The van der Waals surface area contributed by atoms with Crippen molar-refractivity contribution >= 4 is 21.2 Å². The van der Waals surface area contributed by atoms with Crippen LogP contribution < -0.4 is 14.2 Å². The average molecular weight is 694 g/mol. The number of nitrogens with one attached hydrogen (secondary N) is 1. The molecule has 1 N–H and O–H groups in total. The summed E-state index contributed by atoms with van der Waals surface area (Å²) in [5.74, 6) is -0.412. The first-order chi connectivity index (χ1) is 22.6. The van der Waals surface area contributed by atoms with Gasteiger partial charge >= 0.3 is 15.6 Å². The monoisotopic (exact) mass is 693 g/mol. The van der Waals surface area contributed by atoms with Crippen LogP contribution in [-0.4, -0.2) is 75.3 Å². The van der Waals surface area contributed by atoms with E-state index in [-0.39, 0.29) is 46.9 Å². The lowest BCUT2D eigenvalue weighted by Gasteiger charge is -2.46. The van der Waals surface area contributed by atoms with E-state index >= 15 is 0 Å². The van der Waals surface area contributed by atoms with Crippen molar-refractivity contribution in [2.45, 2.75) is 88.7 Å². The Labute approximate surface area is 275 Å². The molecule has 0 radical (unpaired) electrons. The Balaban J connectivity index is 1.43. The lowest BCUT2D eigenvalue weighted by molar-refractivity contribution is -0.0501. The number of hydrogen-bond acceptors (Lipinski definition) is 11. The largest absolute Gasteiger partial charge is 0.534 e. The van der Waals surface area contributed by atoms with E-state index in [4.69, 9.17) is 14.2 Å². The third kappa shape index (κ3) is 6.99. The van der Waals surface area contributed by atoms with Gasteiger partial charge in [0.05, 0.1) is 23.3 Å². The fourth-order valence-electron chi connectivity index (χ4n) is 6.68. The predicted molar refractivity (Wildman–Crippen MR) is 168 cm³/mol. The number of piperidine rings is 1. The van der Waals surface area contributed by atoms with Crippen molar-refractivity contribution in [3.05, 3.63) is 36.7 Å². The maximum atomic E-state index is 13.5. The highest BCUT2D eigenvalue weighted by Crippen LogP contribution is 2.41. The Morgan fingerprint density at radius 3 is 2.48 bits per heavy atom. The molecule has 1 aromatic carbocycles. The lowest BCUT2D eigenvalue weighted by atomic mass is 9.79. The predicted octanol–water partition coefficient (Wildman–Crippen LogP) is 5.75. The van der Waals surface area contributed by atoms with Gasteiger partial charge in [-0.2, -0.15) is 26.7 Å². The summed E-state index contributed by atoms with van der Waals surface area (Å²) in [7, 11) is -4.58. The van der Waals surface area contributed by atoms with Crippen LogP contribution in [0, 0.1) is 0 Å². The fraction of sp³-hybridized carbons (Fsp3) is 0.548. The summed E-state index contributed by atoms with van der Waals surface area (Å²) in [6.07, 6.45) is 7.46. The molecule has 0 bridgehead atoms. The van der Waals surface area contributed by atoms with E-state index in [0.29, 0.717) is 30.8 Å². The minimum atomic E-state index is -6.04. The van der Waals surface area contributed by atoms with Crippen LogP contribution in [0.4, 0.5) is 13.2 Å². The number of rotatable bonds is 9. The Bertz CT molecular complexity index is 1890. The molecule has 2 fully saturated rings. The van der Waals surface area contributed by atoms with Crippen molar-refractivity contribution in [1.82, 2.24) is 35.1 Å². The minimum Gasteiger partial charge on any atom is -0.467 e. The number of alkyl halides is 3. The molecule has 3 aromatic heterocycles. The van der Waals surface area contributed by atoms with Crippen LogP contribution in [0.3, 0.4) is 0 Å². The fourth-order valence-corrected chi connectivity index (χ4v) is 7.11. The number of ether oxygens (including phenoxy) is 3. The van der Waals surface area contributed by atoms with E-state index in [2.05, 4.69) is 29.9 Å². The quantitative estimate of drug-likeness (QED) is 0.130. The van der Waals surface area contributed by atoms with Crippen LogP contribution in [-0.2, 0) is 19.6 Å². The molecule has 2 saturated heterocycles. The Morgan fingerprint density at radius 1 is 1.06 bits per heavy atom. The molecule has 1 unspecified atom stereocenters. The third-order valence-electron chi connectivity index (χ3n) is 8.38. The zero-order valence-electron chi connectivity index (χ0n) is 27.2. The maximum absolute atomic E-state index is 13.5. The van der Waals surface area contributed by atoms with E-state index in [1.54, 1.807) is 23.0 Å². The number of hydrogen-bond donors (Lipinski definition) is 1. The second-order valence-corrected chi connectivity index (χ2v) is 15.0. The molecule has 1 atom stereocenters. The summed E-state index contributed by atoms with van der Waals surface area (Å²) in [6, 6.07) is 6.34. The highest BCUT2D eigenvalue weighted by Gasteiger charge is 2.49. The Hall–Kier alpha value is -3.80. The zero-order valence-corrected chi connectivity index (χ0v) is 28.1. The van der Waals surface area contributed by atoms with Crippen LogP contribution >= 0.6 is 0 Å². The van der Waals surface area contributed by atoms with Gasteiger partial charge in [0.2, 0.25) is 0 Å². The summed E-state index contributed by atoms with van der Waals surface area (Å²) in [4.78, 5) is 0. The summed E-state index contributed by atoms with van der Waals surface area (Å²) >= 11 is 0. The van der Waals surface area contributed by atoms with E-state index in [9.17, 15) is 21.6 Å². The van der Waals surface area contributed by atoms with Crippen molar-refractivity contribution in [2.24, 2.45) is 0 Å². The van der Waals surface area contributed by atoms with Gasteiger partial charge in [0.25, 0.3) is 5.88 Å². The summed E-state index contributed by atoms with van der Waals surface area (Å²) in [5, 5.41) is 21.0. The number of methoxy groups -OCH3 is 1. The van der Waals surface area contributed by atoms with Crippen molar-refractivity contribution in [1.29, 1.82) is 0 Å². The second-order valence-electron chi connectivity index (χ2n) is 13.4. The standard InChI is InChI=1S/C31H38F3N7O6S/c1-29(2)14-21(15-30(3,4)39-29)41-27-23(28(38-41)47-48(42,43)31(32,33)34)13-24(36-37-27)22-10-9-19(12-25(22)46-18-44-5)20-16-35-40(17-20)26-8-6-7-11-45-26/h9-10,12-13,16-17,21,26,39H,6-8,11,14-15,18H2,1-5H3. The van der Waals surface area contributed by atoms with Gasteiger partial charge in [-0.25, -0.2) is 9.36 Å². The van der Waals surface area contributed by atoms with Crippen LogP contribution in [0.25, 0.3) is 33.4 Å². The first-order valence-corrected chi connectivity index (χ1v) is 16.9. The van der Waals surface area contributed by atoms with Gasteiger partial charge in [0.1, 0.15) is 12.0 Å². The number of nitrogens with zero attached hydrogens (tertiary/aromatic N) is 6. The van der Waals surface area contributed by atoms with Gasteiger partial charge in [0.15, 0.2) is 12.4 Å². The molecule has 0 spiro atoms. The SMILES string of the molecule is COCOc1cc(-c2cnn(C3CCCCO3)c2)ccc1-c1cc2c(OS(=O)(=O)C(F)(F)F)nn(C3CC(C)(C)NC(C)(C)C3)c2nn1. The topological polar surface area (TPSA) is 145 Å². The van der Waals surface area contributed by atoms with Crippen LogP contribution in [0.2, 0.25) is 0 Å². The number of aromatic nitrogens is 6. The van der Waals surface area contributed by atoms with Gasteiger partial charge < -0.3 is 23.7 Å². The van der Waals surface area contributed by atoms with E-state index < -0.39 is 21.5 Å². The smallest absolute Gasteiger partial charge is 0.467 e. The number of benzene rings is 1. The van der Waals surface area contributed by atoms with Crippen molar-refractivity contribution < 1.29 is 40.0 Å². The van der Waals surface area contributed by atoms with Gasteiger partial charge in [-0.3, -0.25) is 0 Å². The number of halogens is 3. The lowest BCUT2D eigenvalue weighted by Crippen LogP contribution is -2.58. The van der Waals surface area contributed by atoms with Crippen LogP contribution in [0.5, 0.6) is 11.6 Å². The van der Waals surface area contributed by atoms with Crippen molar-refractivity contribution in [3.8, 4) is 34.0 Å². The molecular formula is C31H38F3N7O6S. The molecule has 0 aliphatic carbocycles. The van der Waals surface area contributed by atoms with E-state index in [0.717, 1.165) is 30.4 Å². The molecule has 260 valence electrons. The first-order valence-electron chi connectivity index (χ1n) is 15.5. The van der Waals surface area contributed by atoms with Crippen molar-refractivity contribution in [3.63, 3.8) is 0 Å². The Morgan fingerprint density at radius 2 is 1.81 bits per heavy atom. The molecule has 17 heteroatoms. The molecule has 6 rings (SSSR count). The minimum absolute atomic E-state index is 0.0579. The zero-order chi connectivity index (χ0) is 34.5.